The third kappa shape index (κ3) is 5.30. The average molecular weight is 265 g/mol. The van der Waals surface area contributed by atoms with Crippen LogP contribution in [-0.2, 0) is 11.2 Å². The first-order valence-electron chi connectivity index (χ1n) is 6.69. The summed E-state index contributed by atoms with van der Waals surface area (Å²) in [6, 6.07) is 8.02. The van der Waals surface area contributed by atoms with Crippen LogP contribution in [0.15, 0.2) is 24.3 Å². The molecule has 0 saturated carbocycles. The van der Waals surface area contributed by atoms with Gasteiger partial charge in [-0.15, -0.1) is 0 Å². The highest BCUT2D eigenvalue weighted by molar-refractivity contribution is 5.77. The summed E-state index contributed by atoms with van der Waals surface area (Å²) in [5.74, 6) is -0.0860. The van der Waals surface area contributed by atoms with E-state index in [0.717, 1.165) is 25.0 Å². The minimum atomic E-state index is -1.14. The summed E-state index contributed by atoms with van der Waals surface area (Å²) in [6.45, 7) is 4.23. The fraction of sp³-hybridized carbons (Fsp3) is 0.533. The number of hydrogen-bond donors (Lipinski definition) is 2. The van der Waals surface area contributed by atoms with E-state index >= 15 is 0 Å². The molecule has 3 N–H and O–H groups in total. The fourth-order valence-corrected chi connectivity index (χ4v) is 1.75. The van der Waals surface area contributed by atoms with E-state index < -0.39 is 11.5 Å². The number of rotatable bonds is 8. The SMILES string of the molecule is CCc1cccc(OCCCCC(C)(N)C(=O)O)c1. The molecule has 4 heteroatoms. The van der Waals surface area contributed by atoms with Crippen LogP contribution in [0.1, 0.15) is 38.7 Å². The summed E-state index contributed by atoms with van der Waals surface area (Å²) in [6.07, 6.45) is 2.99. The third-order valence-electron chi connectivity index (χ3n) is 3.15. The van der Waals surface area contributed by atoms with Crippen LogP contribution in [0.4, 0.5) is 0 Å². The largest absolute Gasteiger partial charge is 0.494 e. The van der Waals surface area contributed by atoms with E-state index in [9.17, 15) is 4.79 Å². The van der Waals surface area contributed by atoms with E-state index in [2.05, 4.69) is 13.0 Å². The lowest BCUT2D eigenvalue weighted by Crippen LogP contribution is -2.44. The molecule has 0 saturated heterocycles. The smallest absolute Gasteiger partial charge is 0.323 e. The van der Waals surface area contributed by atoms with Gasteiger partial charge in [0, 0.05) is 0 Å². The Labute approximate surface area is 114 Å². The van der Waals surface area contributed by atoms with Gasteiger partial charge in [0.1, 0.15) is 11.3 Å². The minimum Gasteiger partial charge on any atom is -0.494 e. The maximum absolute atomic E-state index is 10.8. The van der Waals surface area contributed by atoms with Crippen molar-refractivity contribution in [2.75, 3.05) is 6.61 Å². The maximum Gasteiger partial charge on any atom is 0.323 e. The lowest BCUT2D eigenvalue weighted by molar-refractivity contribution is -0.142. The number of benzene rings is 1. The number of carbonyl (C=O) groups is 1. The van der Waals surface area contributed by atoms with E-state index in [1.54, 1.807) is 6.92 Å². The molecule has 0 fully saturated rings. The van der Waals surface area contributed by atoms with E-state index in [1.165, 1.54) is 5.56 Å². The summed E-state index contributed by atoms with van der Waals surface area (Å²) in [5.41, 5.74) is 5.76. The van der Waals surface area contributed by atoms with Crippen LogP contribution in [-0.4, -0.2) is 23.2 Å². The zero-order valence-corrected chi connectivity index (χ0v) is 11.7. The van der Waals surface area contributed by atoms with Gasteiger partial charge in [-0.2, -0.15) is 0 Å². The highest BCUT2D eigenvalue weighted by atomic mass is 16.5. The molecule has 0 aromatic heterocycles. The second-order valence-corrected chi connectivity index (χ2v) is 5.03. The van der Waals surface area contributed by atoms with Gasteiger partial charge in [-0.3, -0.25) is 4.79 Å². The van der Waals surface area contributed by atoms with Crippen LogP contribution in [0.5, 0.6) is 5.75 Å². The van der Waals surface area contributed by atoms with Gasteiger partial charge >= 0.3 is 5.97 Å². The molecule has 106 valence electrons. The molecule has 1 rings (SSSR count). The average Bonchev–Trinajstić information content (AvgIpc) is 2.38. The van der Waals surface area contributed by atoms with Crippen molar-refractivity contribution in [2.24, 2.45) is 5.73 Å². The molecule has 0 radical (unpaired) electrons. The zero-order chi connectivity index (χ0) is 14.3. The Morgan fingerprint density at radius 3 is 2.79 bits per heavy atom. The number of hydrogen-bond acceptors (Lipinski definition) is 3. The van der Waals surface area contributed by atoms with Crippen molar-refractivity contribution >= 4 is 5.97 Å². The van der Waals surface area contributed by atoms with Gasteiger partial charge < -0.3 is 15.6 Å². The standard InChI is InChI=1S/C15H23NO3/c1-3-12-7-6-8-13(11-12)19-10-5-4-9-15(2,16)14(17)18/h6-8,11H,3-5,9-10,16H2,1-2H3,(H,17,18). The second kappa shape index (κ2) is 7.14. The third-order valence-corrected chi connectivity index (χ3v) is 3.15. The highest BCUT2D eigenvalue weighted by Gasteiger charge is 2.26. The molecule has 19 heavy (non-hydrogen) atoms. The minimum absolute atomic E-state index is 0.459. The molecular weight excluding hydrogens is 242 g/mol. The fourth-order valence-electron chi connectivity index (χ4n) is 1.75. The van der Waals surface area contributed by atoms with E-state index in [4.69, 9.17) is 15.6 Å². The first kappa shape index (κ1) is 15.5. The van der Waals surface area contributed by atoms with Crippen molar-refractivity contribution in [3.63, 3.8) is 0 Å². The quantitative estimate of drug-likeness (QED) is 0.709. The van der Waals surface area contributed by atoms with Crippen molar-refractivity contribution in [3.8, 4) is 5.75 Å². The number of carboxylic acids is 1. The lowest BCUT2D eigenvalue weighted by Gasteiger charge is -2.18. The van der Waals surface area contributed by atoms with Crippen molar-refractivity contribution in [1.82, 2.24) is 0 Å². The monoisotopic (exact) mass is 265 g/mol. The highest BCUT2D eigenvalue weighted by Crippen LogP contribution is 2.15. The van der Waals surface area contributed by atoms with Crippen LogP contribution >= 0.6 is 0 Å². The second-order valence-electron chi connectivity index (χ2n) is 5.03. The summed E-state index contributed by atoms with van der Waals surface area (Å²) in [4.78, 5) is 10.8. The van der Waals surface area contributed by atoms with E-state index in [0.29, 0.717) is 13.0 Å². The number of aryl methyl sites for hydroxylation is 1. The molecule has 0 heterocycles. The van der Waals surface area contributed by atoms with Crippen molar-refractivity contribution in [2.45, 2.75) is 45.1 Å². The van der Waals surface area contributed by atoms with Gasteiger partial charge in [0.2, 0.25) is 0 Å². The van der Waals surface area contributed by atoms with Crippen LogP contribution in [0.25, 0.3) is 0 Å². The number of carboxylic acid groups (broad SMARTS) is 1. The molecule has 0 amide bonds. The molecule has 1 atom stereocenters. The van der Waals surface area contributed by atoms with E-state index in [1.807, 2.05) is 18.2 Å². The Hall–Kier alpha value is -1.55. The molecule has 1 unspecified atom stereocenters. The molecule has 1 aromatic carbocycles. The Morgan fingerprint density at radius 2 is 2.16 bits per heavy atom. The number of aliphatic carboxylic acids is 1. The first-order valence-corrected chi connectivity index (χ1v) is 6.69. The molecule has 4 nitrogen and oxygen atoms in total. The van der Waals surface area contributed by atoms with Crippen LogP contribution in [0.3, 0.4) is 0 Å². The normalized spacial score (nSPS) is 13.8. The van der Waals surface area contributed by atoms with Crippen LogP contribution in [0, 0.1) is 0 Å². The summed E-state index contributed by atoms with van der Waals surface area (Å²) < 4.78 is 5.64. The molecule has 0 aliphatic carbocycles. The van der Waals surface area contributed by atoms with Gasteiger partial charge in [0.25, 0.3) is 0 Å². The number of ether oxygens (including phenoxy) is 1. The van der Waals surface area contributed by atoms with Crippen molar-refractivity contribution in [3.05, 3.63) is 29.8 Å². The Bertz CT molecular complexity index is 416. The Morgan fingerprint density at radius 1 is 1.42 bits per heavy atom. The van der Waals surface area contributed by atoms with Gasteiger partial charge in [0.05, 0.1) is 6.61 Å². The molecule has 0 bridgehead atoms. The Kier molecular flexibility index (Phi) is 5.83. The molecule has 0 aliphatic heterocycles. The van der Waals surface area contributed by atoms with Gasteiger partial charge in [-0.05, 0) is 50.3 Å². The molecular formula is C15H23NO3. The predicted octanol–water partition coefficient (Wildman–Crippen LogP) is 2.60. The van der Waals surface area contributed by atoms with Crippen LogP contribution < -0.4 is 10.5 Å². The Balaban J connectivity index is 2.26. The summed E-state index contributed by atoms with van der Waals surface area (Å²) >= 11 is 0. The van der Waals surface area contributed by atoms with Gasteiger partial charge in [-0.1, -0.05) is 19.1 Å². The van der Waals surface area contributed by atoms with Gasteiger partial charge in [0.15, 0.2) is 0 Å². The summed E-state index contributed by atoms with van der Waals surface area (Å²) in [7, 11) is 0. The maximum atomic E-state index is 10.8. The number of nitrogens with two attached hydrogens (primary N) is 1. The lowest BCUT2D eigenvalue weighted by atomic mass is 9.97. The molecule has 0 spiro atoms. The number of unbranched alkanes of at least 4 members (excludes halogenated alkanes) is 1. The first-order chi connectivity index (χ1) is 8.95. The predicted molar refractivity (Wildman–Crippen MR) is 75.4 cm³/mol. The molecule has 1 aromatic rings. The van der Waals surface area contributed by atoms with Gasteiger partial charge in [-0.25, -0.2) is 0 Å². The zero-order valence-electron chi connectivity index (χ0n) is 11.7. The van der Waals surface area contributed by atoms with Crippen molar-refractivity contribution in [1.29, 1.82) is 0 Å². The van der Waals surface area contributed by atoms with E-state index in [-0.39, 0.29) is 0 Å². The topological polar surface area (TPSA) is 72.5 Å². The van der Waals surface area contributed by atoms with Crippen LogP contribution in [0.2, 0.25) is 0 Å². The summed E-state index contributed by atoms with van der Waals surface area (Å²) in [5, 5.41) is 8.88. The van der Waals surface area contributed by atoms with Crippen molar-refractivity contribution < 1.29 is 14.6 Å². The molecule has 0 aliphatic rings.